The van der Waals surface area contributed by atoms with Crippen molar-refractivity contribution < 1.29 is 4.74 Å². The van der Waals surface area contributed by atoms with Crippen LogP contribution in [-0.2, 0) is 4.74 Å². The predicted octanol–water partition coefficient (Wildman–Crippen LogP) is 9.54. The highest BCUT2D eigenvalue weighted by molar-refractivity contribution is 4.73. The number of ether oxygens (including phenoxy) is 1. The van der Waals surface area contributed by atoms with Gasteiger partial charge >= 0.3 is 0 Å². The average Bonchev–Trinajstić information content (AvgIpc) is 2.45. The molecule has 0 N–H and O–H groups in total. The van der Waals surface area contributed by atoms with Crippen LogP contribution in [0.2, 0.25) is 0 Å². The maximum absolute atomic E-state index is 6.83. The minimum absolute atomic E-state index is 0.428. The van der Waals surface area contributed by atoms with E-state index in [9.17, 15) is 0 Å². The summed E-state index contributed by atoms with van der Waals surface area (Å²) in [7, 11) is 0. The van der Waals surface area contributed by atoms with Crippen molar-refractivity contribution in [2.75, 3.05) is 0 Å². The molecule has 1 heteroatoms. The van der Waals surface area contributed by atoms with Crippen molar-refractivity contribution in [2.24, 2.45) is 34.5 Å². The first-order valence-corrected chi connectivity index (χ1v) is 12.7. The fraction of sp³-hybridized carbons (Fsp3) is 1.00. The molecule has 0 saturated carbocycles. The maximum Gasteiger partial charge on any atom is 0.0581 e. The van der Waals surface area contributed by atoms with Gasteiger partial charge in [0.05, 0.1) is 12.2 Å². The molecule has 176 valence electrons. The smallest absolute Gasteiger partial charge is 0.0581 e. The van der Waals surface area contributed by atoms with E-state index < -0.39 is 0 Å². The van der Waals surface area contributed by atoms with Crippen molar-refractivity contribution in [3.8, 4) is 0 Å². The Morgan fingerprint density at radius 1 is 0.517 bits per heavy atom. The number of rotatable bonds is 14. The predicted molar refractivity (Wildman–Crippen MR) is 133 cm³/mol. The highest BCUT2D eigenvalue weighted by atomic mass is 16.5. The van der Waals surface area contributed by atoms with E-state index in [1.54, 1.807) is 0 Å². The van der Waals surface area contributed by atoms with Crippen LogP contribution in [-0.4, -0.2) is 12.2 Å². The van der Waals surface area contributed by atoms with Crippen LogP contribution in [0.1, 0.15) is 134 Å². The number of hydrogen-bond acceptors (Lipinski definition) is 1. The van der Waals surface area contributed by atoms with Crippen molar-refractivity contribution in [1.29, 1.82) is 0 Å². The molecule has 0 heterocycles. The molecule has 0 aromatic rings. The van der Waals surface area contributed by atoms with E-state index >= 15 is 0 Å². The lowest BCUT2D eigenvalue weighted by molar-refractivity contribution is -0.0439. The molecular formula is C28H58O. The Balaban J connectivity index is 4.84. The van der Waals surface area contributed by atoms with Crippen molar-refractivity contribution in [2.45, 2.75) is 147 Å². The third kappa shape index (κ3) is 18.4. The van der Waals surface area contributed by atoms with E-state index in [4.69, 9.17) is 4.74 Å². The van der Waals surface area contributed by atoms with Gasteiger partial charge in [-0.1, -0.05) is 83.1 Å². The second-order valence-electron chi connectivity index (χ2n) is 13.5. The van der Waals surface area contributed by atoms with E-state index in [1.807, 2.05) is 0 Å². The normalized spacial score (nSPS) is 17.6. The molecule has 4 atom stereocenters. The van der Waals surface area contributed by atoms with Gasteiger partial charge in [-0.15, -0.1) is 0 Å². The first-order chi connectivity index (χ1) is 13.1. The molecule has 1 nitrogen and oxygen atoms in total. The summed E-state index contributed by atoms with van der Waals surface area (Å²) < 4.78 is 6.83. The Kier molecular flexibility index (Phi) is 13.4. The van der Waals surface area contributed by atoms with Gasteiger partial charge in [0.1, 0.15) is 0 Å². The molecule has 0 amide bonds. The zero-order chi connectivity index (χ0) is 22.8. The summed E-state index contributed by atoms with van der Waals surface area (Å²) in [4.78, 5) is 0. The second kappa shape index (κ2) is 13.4. The van der Waals surface area contributed by atoms with Gasteiger partial charge in [-0.05, 0) is 85.9 Å². The van der Waals surface area contributed by atoms with Crippen LogP contribution >= 0.6 is 0 Å². The van der Waals surface area contributed by atoms with Crippen LogP contribution in [0.3, 0.4) is 0 Å². The average molecular weight is 411 g/mol. The summed E-state index contributed by atoms with van der Waals surface area (Å²) >= 11 is 0. The van der Waals surface area contributed by atoms with E-state index in [2.05, 4.69) is 83.1 Å². The Morgan fingerprint density at radius 2 is 0.828 bits per heavy atom. The van der Waals surface area contributed by atoms with Crippen molar-refractivity contribution in [3.63, 3.8) is 0 Å². The lowest BCUT2D eigenvalue weighted by Crippen LogP contribution is -2.26. The van der Waals surface area contributed by atoms with Crippen LogP contribution in [0.25, 0.3) is 0 Å². The molecule has 4 unspecified atom stereocenters. The molecule has 0 aromatic heterocycles. The van der Waals surface area contributed by atoms with Gasteiger partial charge in [0, 0.05) is 0 Å². The van der Waals surface area contributed by atoms with Crippen molar-refractivity contribution >= 4 is 0 Å². The van der Waals surface area contributed by atoms with Gasteiger partial charge in [-0.2, -0.15) is 0 Å². The van der Waals surface area contributed by atoms with Gasteiger partial charge in [0.2, 0.25) is 0 Å². The summed E-state index contributed by atoms with van der Waals surface area (Å²) in [6.07, 6.45) is 10.9. The maximum atomic E-state index is 6.83. The van der Waals surface area contributed by atoms with E-state index in [0.717, 1.165) is 11.8 Å². The fourth-order valence-electron chi connectivity index (χ4n) is 5.04. The highest BCUT2D eigenvalue weighted by Gasteiger charge is 2.23. The first-order valence-electron chi connectivity index (χ1n) is 12.7. The van der Waals surface area contributed by atoms with E-state index in [0.29, 0.717) is 34.9 Å². The van der Waals surface area contributed by atoms with E-state index in [1.165, 1.54) is 51.4 Å². The van der Waals surface area contributed by atoms with Crippen LogP contribution in [0.5, 0.6) is 0 Å². The zero-order valence-electron chi connectivity index (χ0n) is 22.5. The minimum Gasteiger partial charge on any atom is -0.375 e. The molecule has 0 radical (unpaired) electrons. The topological polar surface area (TPSA) is 9.23 Å². The molecule has 0 aliphatic heterocycles. The minimum atomic E-state index is 0.428. The van der Waals surface area contributed by atoms with Gasteiger partial charge < -0.3 is 4.74 Å². The van der Waals surface area contributed by atoms with Gasteiger partial charge in [0.25, 0.3) is 0 Å². The van der Waals surface area contributed by atoms with Gasteiger partial charge in [-0.25, -0.2) is 0 Å². The Morgan fingerprint density at radius 3 is 1.07 bits per heavy atom. The van der Waals surface area contributed by atoms with E-state index in [-0.39, 0.29) is 0 Å². The zero-order valence-corrected chi connectivity index (χ0v) is 22.5. The highest BCUT2D eigenvalue weighted by Crippen LogP contribution is 2.31. The molecule has 0 spiro atoms. The summed E-state index contributed by atoms with van der Waals surface area (Å²) in [5.74, 6) is 2.97. The molecule has 0 bridgehead atoms. The van der Waals surface area contributed by atoms with Gasteiger partial charge in [-0.3, -0.25) is 0 Å². The molecule has 0 aromatic carbocycles. The summed E-state index contributed by atoms with van der Waals surface area (Å²) in [5, 5.41) is 0. The summed E-state index contributed by atoms with van der Waals surface area (Å²) in [5.41, 5.74) is 0.856. The standard InChI is InChI=1S/C28H58O/c1-21(2)17-25(15-13-23(5)19-27(7,8)9)29-26(18-22(3)4)16-14-24(6)20-28(10,11)12/h21-26H,13-20H2,1-12H3. The molecule has 0 aliphatic rings. The lowest BCUT2D eigenvalue weighted by atomic mass is 9.82. The van der Waals surface area contributed by atoms with Crippen LogP contribution in [0.15, 0.2) is 0 Å². The van der Waals surface area contributed by atoms with Gasteiger partial charge in [0.15, 0.2) is 0 Å². The summed E-state index contributed by atoms with van der Waals surface area (Å²) in [6, 6.07) is 0. The first kappa shape index (κ1) is 29.0. The third-order valence-corrected chi connectivity index (χ3v) is 5.74. The summed E-state index contributed by atoms with van der Waals surface area (Å²) in [6.45, 7) is 28.4. The van der Waals surface area contributed by atoms with Crippen LogP contribution < -0.4 is 0 Å². The Labute approximate surface area is 186 Å². The Hall–Kier alpha value is -0.0400. The monoisotopic (exact) mass is 410 g/mol. The number of hydrogen-bond donors (Lipinski definition) is 0. The largest absolute Gasteiger partial charge is 0.375 e. The molecule has 0 saturated heterocycles. The molecule has 0 rings (SSSR count). The fourth-order valence-corrected chi connectivity index (χ4v) is 5.04. The molecule has 29 heavy (non-hydrogen) atoms. The van der Waals surface area contributed by atoms with Crippen molar-refractivity contribution in [3.05, 3.63) is 0 Å². The van der Waals surface area contributed by atoms with Crippen molar-refractivity contribution in [1.82, 2.24) is 0 Å². The SMILES string of the molecule is CC(C)CC(CCC(C)CC(C)(C)C)OC(CCC(C)CC(C)(C)C)CC(C)C. The molecule has 0 aliphatic carbocycles. The quantitative estimate of drug-likeness (QED) is 0.277. The molecule has 0 fully saturated rings. The van der Waals surface area contributed by atoms with Crippen LogP contribution in [0.4, 0.5) is 0 Å². The lowest BCUT2D eigenvalue weighted by Gasteiger charge is -2.30. The third-order valence-electron chi connectivity index (χ3n) is 5.74. The van der Waals surface area contributed by atoms with Crippen LogP contribution in [0, 0.1) is 34.5 Å². The Bertz CT molecular complexity index is 358. The molecular weight excluding hydrogens is 352 g/mol. The second-order valence-corrected chi connectivity index (χ2v) is 13.5.